The van der Waals surface area contributed by atoms with Crippen LogP contribution in [0.4, 0.5) is 0 Å². The monoisotopic (exact) mass is 434 g/mol. The Balaban J connectivity index is 1.31. The summed E-state index contributed by atoms with van der Waals surface area (Å²) in [6, 6.07) is 9.90. The summed E-state index contributed by atoms with van der Waals surface area (Å²) in [5.41, 5.74) is 4.91. The fourth-order valence-electron chi connectivity index (χ4n) is 4.08. The number of nitrogens with zero attached hydrogens (tertiary/aromatic N) is 3. The topological polar surface area (TPSA) is 86.1 Å². The van der Waals surface area contributed by atoms with Gasteiger partial charge in [0.05, 0.1) is 12.1 Å². The van der Waals surface area contributed by atoms with E-state index < -0.39 is 5.97 Å². The number of hydrogen-bond acceptors (Lipinski definition) is 5. The summed E-state index contributed by atoms with van der Waals surface area (Å²) in [5, 5.41) is 2.82. The van der Waals surface area contributed by atoms with Crippen LogP contribution in [0.15, 0.2) is 30.3 Å². The lowest BCUT2D eigenvalue weighted by atomic mass is 10.1. The van der Waals surface area contributed by atoms with Gasteiger partial charge in [-0.3, -0.25) is 4.79 Å². The van der Waals surface area contributed by atoms with Gasteiger partial charge in [-0.1, -0.05) is 36.2 Å². The molecule has 0 spiro atoms. The van der Waals surface area contributed by atoms with Crippen molar-refractivity contribution in [3.63, 3.8) is 0 Å². The third kappa shape index (κ3) is 5.15. The summed E-state index contributed by atoms with van der Waals surface area (Å²) in [6.45, 7) is 5.20. The van der Waals surface area contributed by atoms with Crippen molar-refractivity contribution in [2.24, 2.45) is 0 Å². The molecule has 1 aliphatic heterocycles. The Kier molecular flexibility index (Phi) is 6.83. The smallest absolute Gasteiger partial charge is 0.340 e. The number of esters is 1. The standard InChI is InChI=1S/C25H30N4O3/c1-17-7-9-19(10-8-17)11-12-22(30)26-13-15-32-25(31)20-16-18(2)27-24-23(20)28-21-6-4-3-5-14-29(21)24/h7-10,16H,3-6,11-15H2,1-2H3,(H,26,30). The van der Waals surface area contributed by atoms with Gasteiger partial charge in [-0.25, -0.2) is 14.8 Å². The molecule has 32 heavy (non-hydrogen) atoms. The highest BCUT2D eigenvalue weighted by Gasteiger charge is 2.21. The molecule has 1 aromatic carbocycles. The number of imidazole rings is 1. The Morgan fingerprint density at radius 3 is 2.72 bits per heavy atom. The molecule has 3 heterocycles. The first kappa shape index (κ1) is 22.0. The second-order valence-electron chi connectivity index (χ2n) is 8.45. The van der Waals surface area contributed by atoms with Crippen LogP contribution in [0.5, 0.6) is 0 Å². The van der Waals surface area contributed by atoms with E-state index in [1.54, 1.807) is 6.07 Å². The lowest BCUT2D eigenvalue weighted by molar-refractivity contribution is -0.121. The fraction of sp³-hybridized carbons (Fsp3) is 0.440. The molecule has 0 unspecified atom stereocenters. The minimum absolute atomic E-state index is 0.0541. The van der Waals surface area contributed by atoms with Crippen molar-refractivity contribution in [1.29, 1.82) is 0 Å². The van der Waals surface area contributed by atoms with E-state index in [2.05, 4.69) is 14.9 Å². The maximum Gasteiger partial charge on any atom is 0.340 e. The van der Waals surface area contributed by atoms with E-state index in [1.807, 2.05) is 38.1 Å². The van der Waals surface area contributed by atoms with E-state index >= 15 is 0 Å². The molecule has 168 valence electrons. The number of benzene rings is 1. The van der Waals surface area contributed by atoms with Gasteiger partial charge in [0, 0.05) is 25.1 Å². The van der Waals surface area contributed by atoms with Crippen LogP contribution in [0.25, 0.3) is 11.2 Å². The first-order valence-corrected chi connectivity index (χ1v) is 11.4. The highest BCUT2D eigenvalue weighted by atomic mass is 16.5. The normalized spacial score (nSPS) is 13.4. The first-order valence-electron chi connectivity index (χ1n) is 11.4. The average Bonchev–Trinajstić information content (AvgIpc) is 2.96. The highest BCUT2D eigenvalue weighted by molar-refractivity contribution is 6.01. The third-order valence-electron chi connectivity index (χ3n) is 5.83. The van der Waals surface area contributed by atoms with Crippen LogP contribution in [0.3, 0.4) is 0 Å². The van der Waals surface area contributed by atoms with Crippen molar-refractivity contribution < 1.29 is 14.3 Å². The van der Waals surface area contributed by atoms with Gasteiger partial charge in [-0.15, -0.1) is 0 Å². The molecule has 0 atom stereocenters. The average molecular weight is 435 g/mol. The number of nitrogens with one attached hydrogen (secondary N) is 1. The lowest BCUT2D eigenvalue weighted by Crippen LogP contribution is -2.28. The Bertz CT molecular complexity index is 1120. The van der Waals surface area contributed by atoms with Gasteiger partial charge in [-0.2, -0.15) is 0 Å². The lowest BCUT2D eigenvalue weighted by Gasteiger charge is -2.09. The van der Waals surface area contributed by atoms with Crippen molar-refractivity contribution in [3.8, 4) is 0 Å². The summed E-state index contributed by atoms with van der Waals surface area (Å²) in [7, 11) is 0. The quantitative estimate of drug-likeness (QED) is 0.453. The van der Waals surface area contributed by atoms with Crippen LogP contribution in [0.2, 0.25) is 0 Å². The van der Waals surface area contributed by atoms with Crippen LogP contribution >= 0.6 is 0 Å². The Morgan fingerprint density at radius 1 is 1.09 bits per heavy atom. The molecule has 0 radical (unpaired) electrons. The van der Waals surface area contributed by atoms with E-state index in [9.17, 15) is 9.59 Å². The summed E-state index contributed by atoms with van der Waals surface area (Å²) >= 11 is 0. The van der Waals surface area contributed by atoms with E-state index in [1.165, 1.54) is 12.0 Å². The van der Waals surface area contributed by atoms with Gasteiger partial charge < -0.3 is 14.6 Å². The zero-order valence-electron chi connectivity index (χ0n) is 18.8. The molecule has 1 amide bonds. The SMILES string of the molecule is Cc1ccc(CCC(=O)NCCOC(=O)c2cc(C)nc3c2nc2n3CCCCC2)cc1. The Labute approximate surface area is 188 Å². The number of carbonyl (C=O) groups excluding carboxylic acids is 2. The molecule has 0 saturated heterocycles. The number of amides is 1. The maximum absolute atomic E-state index is 12.8. The zero-order chi connectivity index (χ0) is 22.5. The molecular weight excluding hydrogens is 404 g/mol. The molecule has 2 aromatic heterocycles. The van der Waals surface area contributed by atoms with Gasteiger partial charge in [0.15, 0.2) is 5.65 Å². The predicted octanol–water partition coefficient (Wildman–Crippen LogP) is 3.68. The number of carbonyl (C=O) groups is 2. The summed E-state index contributed by atoms with van der Waals surface area (Å²) in [5.74, 6) is 0.509. The molecule has 0 saturated carbocycles. The number of fused-ring (bicyclic) bond motifs is 3. The number of ether oxygens (including phenoxy) is 1. The maximum atomic E-state index is 12.8. The summed E-state index contributed by atoms with van der Waals surface area (Å²) in [4.78, 5) is 34.2. The Morgan fingerprint density at radius 2 is 1.91 bits per heavy atom. The molecule has 7 nitrogen and oxygen atoms in total. The molecule has 0 aliphatic carbocycles. The van der Waals surface area contributed by atoms with E-state index in [4.69, 9.17) is 9.72 Å². The number of aryl methyl sites for hydroxylation is 5. The minimum Gasteiger partial charge on any atom is -0.460 e. The third-order valence-corrected chi connectivity index (χ3v) is 5.83. The van der Waals surface area contributed by atoms with Crippen LogP contribution < -0.4 is 5.32 Å². The second-order valence-corrected chi connectivity index (χ2v) is 8.45. The van der Waals surface area contributed by atoms with Gasteiger partial charge >= 0.3 is 5.97 Å². The first-order chi connectivity index (χ1) is 15.5. The number of pyridine rings is 1. The molecule has 4 rings (SSSR count). The molecule has 0 bridgehead atoms. The summed E-state index contributed by atoms with van der Waals surface area (Å²) in [6.07, 6.45) is 5.37. The van der Waals surface area contributed by atoms with Gasteiger partial charge in [0.2, 0.25) is 5.91 Å². The van der Waals surface area contributed by atoms with E-state index in [0.717, 1.165) is 48.5 Å². The summed E-state index contributed by atoms with van der Waals surface area (Å²) < 4.78 is 7.58. The van der Waals surface area contributed by atoms with Crippen molar-refractivity contribution in [2.45, 2.75) is 58.9 Å². The number of rotatable bonds is 7. The zero-order valence-corrected chi connectivity index (χ0v) is 18.8. The van der Waals surface area contributed by atoms with Gasteiger partial charge in [-0.05, 0) is 44.7 Å². The van der Waals surface area contributed by atoms with Crippen molar-refractivity contribution >= 4 is 23.0 Å². The second kappa shape index (κ2) is 9.94. The largest absolute Gasteiger partial charge is 0.460 e. The van der Waals surface area contributed by atoms with E-state index in [0.29, 0.717) is 23.9 Å². The van der Waals surface area contributed by atoms with Gasteiger partial charge in [0.1, 0.15) is 17.9 Å². The number of hydrogen-bond donors (Lipinski definition) is 1. The van der Waals surface area contributed by atoms with Crippen molar-refractivity contribution in [2.75, 3.05) is 13.2 Å². The van der Waals surface area contributed by atoms with Crippen LogP contribution in [0, 0.1) is 13.8 Å². The van der Waals surface area contributed by atoms with Crippen molar-refractivity contribution in [1.82, 2.24) is 19.9 Å². The minimum atomic E-state index is -0.428. The molecule has 1 N–H and O–H groups in total. The molecule has 0 fully saturated rings. The molecular formula is C25H30N4O3. The van der Waals surface area contributed by atoms with Crippen LogP contribution in [-0.4, -0.2) is 39.6 Å². The number of aromatic nitrogens is 3. The van der Waals surface area contributed by atoms with Crippen LogP contribution in [0.1, 0.15) is 58.7 Å². The van der Waals surface area contributed by atoms with E-state index in [-0.39, 0.29) is 19.1 Å². The Hall–Kier alpha value is -3.22. The fourth-order valence-corrected chi connectivity index (χ4v) is 4.08. The molecule has 3 aromatic rings. The molecule has 7 heteroatoms. The highest BCUT2D eigenvalue weighted by Crippen LogP contribution is 2.24. The predicted molar refractivity (Wildman–Crippen MR) is 123 cm³/mol. The van der Waals surface area contributed by atoms with Gasteiger partial charge in [0.25, 0.3) is 0 Å². The van der Waals surface area contributed by atoms with Crippen molar-refractivity contribution in [3.05, 3.63) is 58.5 Å². The van der Waals surface area contributed by atoms with Crippen LogP contribution in [-0.2, 0) is 28.9 Å². The molecule has 1 aliphatic rings.